The predicted octanol–water partition coefficient (Wildman–Crippen LogP) is 3.16. The summed E-state index contributed by atoms with van der Waals surface area (Å²) in [7, 11) is 0. The van der Waals surface area contributed by atoms with Crippen molar-refractivity contribution in [3.05, 3.63) is 35.9 Å². The number of hydrogen-bond acceptors (Lipinski definition) is 5. The monoisotopic (exact) mass is 404 g/mol. The number of benzene rings is 1. The zero-order chi connectivity index (χ0) is 21.3. The van der Waals surface area contributed by atoms with Crippen molar-refractivity contribution >= 4 is 18.2 Å². The molecular weight excluding hydrogens is 376 g/mol. The molecule has 158 valence electrons. The Morgan fingerprint density at radius 1 is 1.21 bits per heavy atom. The number of rotatable bonds is 4. The number of nitrogens with zero attached hydrogens (tertiary/aromatic N) is 1. The zero-order valence-electron chi connectivity index (χ0n) is 17.1. The Kier molecular flexibility index (Phi) is 5.47. The van der Waals surface area contributed by atoms with Crippen LogP contribution in [0.5, 0.6) is 0 Å². The average Bonchev–Trinajstić information content (AvgIpc) is 3.25. The lowest BCUT2D eigenvalue weighted by atomic mass is 9.89. The fourth-order valence-corrected chi connectivity index (χ4v) is 4.06. The fourth-order valence-electron chi connectivity index (χ4n) is 4.06. The van der Waals surface area contributed by atoms with Crippen molar-refractivity contribution in [2.45, 2.75) is 57.8 Å². The van der Waals surface area contributed by atoms with Gasteiger partial charge in [-0.25, -0.2) is 14.4 Å². The van der Waals surface area contributed by atoms with E-state index in [4.69, 9.17) is 9.47 Å². The molecule has 0 bridgehead atoms. The number of nitrogens with one attached hydrogen (secondary N) is 1. The summed E-state index contributed by atoms with van der Waals surface area (Å²) in [6.07, 6.45) is 0.275. The SMILES string of the molecule is CC(C)(C)OC(=O)NC1(C(=O)O)CC12CCCN(C(=O)OCc1ccccc1)C2. The molecule has 1 aromatic carbocycles. The molecule has 1 spiro atoms. The molecule has 2 fully saturated rings. The van der Waals surface area contributed by atoms with Crippen molar-refractivity contribution in [3.8, 4) is 0 Å². The van der Waals surface area contributed by atoms with Crippen LogP contribution in [0.15, 0.2) is 30.3 Å². The molecule has 0 aromatic heterocycles. The Balaban J connectivity index is 1.64. The molecule has 1 heterocycles. The molecule has 3 rings (SSSR count). The van der Waals surface area contributed by atoms with Gasteiger partial charge in [0.05, 0.1) is 0 Å². The van der Waals surface area contributed by atoms with E-state index in [1.165, 1.54) is 4.90 Å². The second-order valence-corrected chi connectivity index (χ2v) is 8.86. The van der Waals surface area contributed by atoms with Crippen LogP contribution in [0.2, 0.25) is 0 Å². The molecule has 2 unspecified atom stereocenters. The van der Waals surface area contributed by atoms with E-state index >= 15 is 0 Å². The molecule has 1 aromatic rings. The van der Waals surface area contributed by atoms with Gasteiger partial charge in [0.1, 0.15) is 17.7 Å². The highest BCUT2D eigenvalue weighted by Crippen LogP contribution is 2.61. The van der Waals surface area contributed by atoms with Gasteiger partial charge in [-0.1, -0.05) is 30.3 Å². The first-order chi connectivity index (χ1) is 13.6. The molecule has 2 aliphatic rings. The van der Waals surface area contributed by atoms with Crippen LogP contribution in [-0.2, 0) is 20.9 Å². The van der Waals surface area contributed by atoms with Crippen molar-refractivity contribution in [1.82, 2.24) is 10.2 Å². The Bertz CT molecular complexity index is 790. The van der Waals surface area contributed by atoms with E-state index in [-0.39, 0.29) is 19.6 Å². The lowest BCUT2D eigenvalue weighted by Gasteiger charge is -2.35. The molecule has 2 amide bonds. The first-order valence-corrected chi connectivity index (χ1v) is 9.77. The van der Waals surface area contributed by atoms with Crippen LogP contribution in [0.1, 0.15) is 45.6 Å². The van der Waals surface area contributed by atoms with E-state index in [1.54, 1.807) is 20.8 Å². The molecule has 29 heavy (non-hydrogen) atoms. The number of carbonyl (C=O) groups is 3. The fraction of sp³-hybridized carbons (Fsp3) is 0.571. The highest BCUT2D eigenvalue weighted by Gasteiger charge is 2.74. The molecule has 8 nitrogen and oxygen atoms in total. The number of aliphatic carboxylic acids is 1. The smallest absolute Gasteiger partial charge is 0.410 e. The number of amides is 2. The number of carboxylic acid groups (broad SMARTS) is 1. The zero-order valence-corrected chi connectivity index (χ0v) is 17.1. The maximum atomic E-state index is 12.5. The minimum absolute atomic E-state index is 0.156. The second-order valence-electron chi connectivity index (χ2n) is 8.86. The molecule has 8 heteroatoms. The van der Waals surface area contributed by atoms with E-state index < -0.39 is 34.7 Å². The topological polar surface area (TPSA) is 105 Å². The molecule has 1 saturated carbocycles. The molecule has 2 N–H and O–H groups in total. The van der Waals surface area contributed by atoms with Gasteiger partial charge in [-0.3, -0.25) is 0 Å². The predicted molar refractivity (Wildman–Crippen MR) is 104 cm³/mol. The maximum Gasteiger partial charge on any atom is 0.410 e. The largest absolute Gasteiger partial charge is 0.479 e. The van der Waals surface area contributed by atoms with Crippen LogP contribution >= 0.6 is 0 Å². The molecule has 1 saturated heterocycles. The minimum atomic E-state index is -1.42. The summed E-state index contributed by atoms with van der Waals surface area (Å²) in [6, 6.07) is 9.35. The number of hydrogen-bond donors (Lipinski definition) is 2. The summed E-state index contributed by atoms with van der Waals surface area (Å²) in [5.41, 5.74) is -1.98. The van der Waals surface area contributed by atoms with Gasteiger partial charge >= 0.3 is 18.2 Å². The van der Waals surface area contributed by atoms with E-state index in [0.29, 0.717) is 19.4 Å². The number of piperidine rings is 1. The Morgan fingerprint density at radius 2 is 1.90 bits per heavy atom. The summed E-state index contributed by atoms with van der Waals surface area (Å²) in [4.78, 5) is 38.3. The molecule has 1 aliphatic carbocycles. The molecule has 0 radical (unpaired) electrons. The van der Waals surface area contributed by atoms with Gasteiger partial charge in [-0.15, -0.1) is 0 Å². The molecular formula is C21H28N2O6. The highest BCUT2D eigenvalue weighted by molar-refractivity contribution is 5.90. The number of carboxylic acids is 1. The second kappa shape index (κ2) is 7.57. The number of likely N-dealkylation sites (tertiary alicyclic amines) is 1. The first kappa shape index (κ1) is 21.0. The average molecular weight is 404 g/mol. The quantitative estimate of drug-likeness (QED) is 0.799. The molecule has 2 atom stereocenters. The summed E-state index contributed by atoms with van der Waals surface area (Å²) in [5, 5.41) is 12.4. The van der Waals surface area contributed by atoms with Gasteiger partial charge in [0.15, 0.2) is 0 Å². The van der Waals surface area contributed by atoms with Crippen LogP contribution in [0.25, 0.3) is 0 Å². The normalized spacial score (nSPS) is 26.0. The lowest BCUT2D eigenvalue weighted by molar-refractivity contribution is -0.142. The van der Waals surface area contributed by atoms with Gasteiger partial charge < -0.3 is 24.8 Å². The Hall–Kier alpha value is -2.77. The Labute approximate surface area is 170 Å². The first-order valence-electron chi connectivity index (χ1n) is 9.77. The van der Waals surface area contributed by atoms with Crippen LogP contribution in [-0.4, -0.2) is 52.4 Å². The third kappa shape index (κ3) is 4.46. The third-order valence-corrected chi connectivity index (χ3v) is 5.50. The van der Waals surface area contributed by atoms with Gasteiger partial charge in [0, 0.05) is 18.5 Å². The standard InChI is InChI=1S/C21H28N2O6/c1-19(2,3)29-17(26)22-21(16(24)25)13-20(21)10-7-11-23(14-20)18(27)28-12-15-8-5-4-6-9-15/h4-6,8-9H,7,10-14H2,1-3H3,(H,22,26)(H,24,25). The summed E-state index contributed by atoms with van der Waals surface area (Å²) >= 11 is 0. The highest BCUT2D eigenvalue weighted by atomic mass is 16.6. The summed E-state index contributed by atoms with van der Waals surface area (Å²) < 4.78 is 10.6. The van der Waals surface area contributed by atoms with Crippen LogP contribution in [0.4, 0.5) is 9.59 Å². The van der Waals surface area contributed by atoms with Crippen LogP contribution in [0.3, 0.4) is 0 Å². The van der Waals surface area contributed by atoms with Crippen LogP contribution in [0, 0.1) is 5.41 Å². The van der Waals surface area contributed by atoms with E-state index in [9.17, 15) is 19.5 Å². The van der Waals surface area contributed by atoms with Crippen molar-refractivity contribution in [2.75, 3.05) is 13.1 Å². The van der Waals surface area contributed by atoms with E-state index in [0.717, 1.165) is 5.56 Å². The van der Waals surface area contributed by atoms with E-state index in [1.807, 2.05) is 30.3 Å². The number of ether oxygens (including phenoxy) is 2. The number of carbonyl (C=O) groups excluding carboxylic acids is 2. The van der Waals surface area contributed by atoms with Gasteiger partial charge in [0.2, 0.25) is 0 Å². The van der Waals surface area contributed by atoms with Gasteiger partial charge in [0.25, 0.3) is 0 Å². The maximum absolute atomic E-state index is 12.5. The Morgan fingerprint density at radius 3 is 2.52 bits per heavy atom. The van der Waals surface area contributed by atoms with Crippen molar-refractivity contribution in [2.24, 2.45) is 5.41 Å². The minimum Gasteiger partial charge on any atom is -0.479 e. The van der Waals surface area contributed by atoms with Gasteiger partial charge in [-0.2, -0.15) is 0 Å². The van der Waals surface area contributed by atoms with Crippen molar-refractivity contribution in [3.63, 3.8) is 0 Å². The van der Waals surface area contributed by atoms with E-state index in [2.05, 4.69) is 5.32 Å². The number of alkyl carbamates (subject to hydrolysis) is 1. The third-order valence-electron chi connectivity index (χ3n) is 5.50. The summed E-state index contributed by atoms with van der Waals surface area (Å²) in [5.74, 6) is -1.11. The van der Waals surface area contributed by atoms with Crippen molar-refractivity contribution in [1.29, 1.82) is 0 Å². The lowest BCUT2D eigenvalue weighted by Crippen LogP contribution is -2.53. The van der Waals surface area contributed by atoms with Gasteiger partial charge in [-0.05, 0) is 45.6 Å². The summed E-state index contributed by atoms with van der Waals surface area (Å²) in [6.45, 7) is 6.03. The van der Waals surface area contributed by atoms with Crippen molar-refractivity contribution < 1.29 is 29.0 Å². The molecule has 1 aliphatic heterocycles. The van der Waals surface area contributed by atoms with Crippen LogP contribution < -0.4 is 5.32 Å².